The Morgan fingerprint density at radius 3 is 2.32 bits per heavy atom. The lowest BCUT2D eigenvalue weighted by Gasteiger charge is -2.23. The normalized spacial score (nSPS) is 16.3. The van der Waals surface area contributed by atoms with Gasteiger partial charge in [0.2, 0.25) is 0 Å². The Balaban J connectivity index is 1.38. The number of phosphoric acid groups is 1. The van der Waals surface area contributed by atoms with Crippen LogP contribution in [0, 0.1) is 12.3 Å². The summed E-state index contributed by atoms with van der Waals surface area (Å²) in [6, 6.07) is 14.6. The summed E-state index contributed by atoms with van der Waals surface area (Å²) in [5.41, 5.74) is -1.31. The van der Waals surface area contributed by atoms with Gasteiger partial charge in [0, 0.05) is 47.0 Å². The van der Waals surface area contributed by atoms with Gasteiger partial charge < -0.3 is 18.7 Å². The zero-order valence-corrected chi connectivity index (χ0v) is 35.7. The Kier molecular flexibility index (Phi) is 14.8. The van der Waals surface area contributed by atoms with E-state index in [0.717, 1.165) is 5.56 Å². The van der Waals surface area contributed by atoms with Crippen LogP contribution >= 0.6 is 20.0 Å². The maximum absolute atomic E-state index is 14.1. The molecule has 3 atom stereocenters. The molecule has 0 saturated heterocycles. The predicted molar refractivity (Wildman–Crippen MR) is 223 cm³/mol. The summed E-state index contributed by atoms with van der Waals surface area (Å²) in [4.78, 5) is 68.4. The molecule has 1 aliphatic heterocycles. The van der Waals surface area contributed by atoms with Crippen LogP contribution in [0.5, 0.6) is 5.75 Å². The molecule has 5 rings (SSSR count). The van der Waals surface area contributed by atoms with Gasteiger partial charge in [-0.3, -0.25) is 37.5 Å². The fourth-order valence-electron chi connectivity index (χ4n) is 5.96. The molecule has 2 aromatic heterocycles. The van der Waals surface area contributed by atoms with Crippen LogP contribution in [0.3, 0.4) is 0 Å². The monoisotopic (exact) mass is 852 g/mol. The predicted octanol–water partition coefficient (Wildman–Crippen LogP) is 5.63. The fraction of sp³-hybridized carbons (Fsp3) is 0.415. The number of nitrogens with zero attached hydrogens (tertiary/aromatic N) is 3. The molecule has 16 nitrogen and oxygen atoms in total. The van der Waals surface area contributed by atoms with E-state index < -0.39 is 54.0 Å². The van der Waals surface area contributed by atoms with Gasteiger partial charge in [-0.2, -0.15) is 4.57 Å². The van der Waals surface area contributed by atoms with Gasteiger partial charge in [-0.05, 0) is 67.9 Å². The van der Waals surface area contributed by atoms with Gasteiger partial charge in [0.1, 0.15) is 25.2 Å². The van der Waals surface area contributed by atoms with Crippen LogP contribution in [-0.2, 0) is 41.0 Å². The Morgan fingerprint density at radius 2 is 1.68 bits per heavy atom. The number of H-pyrrole nitrogens is 1. The number of aromatic amines is 1. The average Bonchev–Trinajstić information content (AvgIpc) is 3.66. The number of nitrogens with one attached hydrogen (secondary N) is 1. The Labute approximate surface area is 345 Å². The molecule has 0 amide bonds. The number of benzene rings is 2. The highest BCUT2D eigenvalue weighted by Gasteiger charge is 2.33. The largest absolute Gasteiger partial charge is 0.530 e. The SMILES string of the molecule is CCOCn1c(Cc2ccccc2)c(C(C)C)c(=O)n(C(=O)c2ccc(OP(=O)(OCCOC(=S)C(C)(C)C)OCC3C=CC(n4cc(C)c(=O)[nH]c4=O)O3)cc2)c1=O. The minimum Gasteiger partial charge on any atom is -0.484 e. The molecule has 0 aliphatic carbocycles. The summed E-state index contributed by atoms with van der Waals surface area (Å²) in [6.07, 6.45) is 3.13. The van der Waals surface area contributed by atoms with Gasteiger partial charge in [0.05, 0.1) is 13.2 Å². The van der Waals surface area contributed by atoms with Gasteiger partial charge in [0.15, 0.2) is 11.3 Å². The molecule has 1 aliphatic rings. The quantitative estimate of drug-likeness (QED) is 0.0597. The molecular weight excluding hydrogens is 804 g/mol. The number of aromatic nitrogens is 4. The molecule has 59 heavy (non-hydrogen) atoms. The Bertz CT molecular complexity index is 2470. The van der Waals surface area contributed by atoms with E-state index in [2.05, 4.69) is 4.98 Å². The first-order valence-corrected chi connectivity index (χ1v) is 20.9. The van der Waals surface area contributed by atoms with E-state index in [-0.39, 0.29) is 50.2 Å². The second-order valence-electron chi connectivity index (χ2n) is 15.0. The highest BCUT2D eigenvalue weighted by atomic mass is 32.1. The third kappa shape index (κ3) is 11.2. The van der Waals surface area contributed by atoms with Crippen molar-refractivity contribution in [1.29, 1.82) is 0 Å². The number of aryl methyl sites for hydroxylation is 1. The first kappa shape index (κ1) is 45.1. The van der Waals surface area contributed by atoms with E-state index in [9.17, 15) is 28.5 Å². The highest BCUT2D eigenvalue weighted by Crippen LogP contribution is 2.50. The van der Waals surface area contributed by atoms with E-state index >= 15 is 0 Å². The molecular formula is C41H49N4O12PS. The van der Waals surface area contributed by atoms with E-state index in [0.29, 0.717) is 33.0 Å². The first-order chi connectivity index (χ1) is 27.9. The number of carbonyl (C=O) groups is 1. The zero-order valence-electron chi connectivity index (χ0n) is 34.0. The molecule has 2 aromatic carbocycles. The molecule has 4 aromatic rings. The van der Waals surface area contributed by atoms with Crippen molar-refractivity contribution in [2.24, 2.45) is 5.41 Å². The molecule has 0 bridgehead atoms. The molecule has 0 fully saturated rings. The summed E-state index contributed by atoms with van der Waals surface area (Å²) >= 11 is 5.31. The second kappa shape index (κ2) is 19.4. The van der Waals surface area contributed by atoms with Crippen LogP contribution in [0.4, 0.5) is 0 Å². The Hall–Kier alpha value is -5.03. The number of hydrogen-bond donors (Lipinski definition) is 1. The topological polar surface area (TPSA) is 188 Å². The minimum absolute atomic E-state index is 0.0331. The standard InChI is InChI=1S/C41H49N4O12PS/c1-8-52-25-44-32(22-28-12-10-9-11-13-28)34(26(2)3)37(48)45(40(44)50)36(47)29-14-16-30(17-15-29)57-58(51,54-21-20-53-38(59)41(5,6)7)55-24-31-18-19-33(56-31)43-23-27(4)35(46)42-39(43)49/h9-19,23,26,31,33H,8,20-22,24-25H2,1-7H3,(H,42,46,49). The lowest BCUT2D eigenvalue weighted by atomic mass is 9.98. The van der Waals surface area contributed by atoms with Crippen molar-refractivity contribution < 1.29 is 37.1 Å². The Morgan fingerprint density at radius 1 is 0.983 bits per heavy atom. The van der Waals surface area contributed by atoms with Crippen LogP contribution < -0.4 is 27.0 Å². The van der Waals surface area contributed by atoms with Gasteiger partial charge >= 0.3 is 19.2 Å². The number of hydrogen-bond acceptors (Lipinski definition) is 13. The van der Waals surface area contributed by atoms with Crippen LogP contribution in [0.1, 0.15) is 86.4 Å². The van der Waals surface area contributed by atoms with Gasteiger partial charge in [-0.15, -0.1) is 0 Å². The number of carbonyl (C=O) groups excluding carboxylic acids is 1. The molecule has 1 N–H and O–H groups in total. The van der Waals surface area contributed by atoms with Crippen LogP contribution in [0.15, 0.2) is 92.1 Å². The highest BCUT2D eigenvalue weighted by molar-refractivity contribution is 7.80. The number of ether oxygens (including phenoxy) is 3. The zero-order chi connectivity index (χ0) is 43.1. The van der Waals surface area contributed by atoms with Gasteiger partial charge in [0.25, 0.3) is 17.0 Å². The average molecular weight is 853 g/mol. The first-order valence-electron chi connectivity index (χ1n) is 19.0. The van der Waals surface area contributed by atoms with E-state index in [1.807, 2.05) is 65.0 Å². The number of phosphoric ester groups is 1. The third-order valence-electron chi connectivity index (χ3n) is 9.03. The minimum atomic E-state index is -4.45. The molecule has 3 heterocycles. The summed E-state index contributed by atoms with van der Waals surface area (Å²) in [6.45, 7) is 12.0. The maximum Gasteiger partial charge on any atom is 0.530 e. The summed E-state index contributed by atoms with van der Waals surface area (Å²) in [5, 5.41) is 0.316. The molecule has 0 saturated carbocycles. The van der Waals surface area contributed by atoms with Crippen molar-refractivity contribution in [3.05, 3.63) is 143 Å². The summed E-state index contributed by atoms with van der Waals surface area (Å²) in [7, 11) is -4.45. The van der Waals surface area contributed by atoms with Crippen molar-refractivity contribution in [2.45, 2.75) is 79.9 Å². The fourth-order valence-corrected chi connectivity index (χ4v) is 7.23. The van der Waals surface area contributed by atoms with Crippen LogP contribution in [0.2, 0.25) is 0 Å². The lowest BCUT2D eigenvalue weighted by Crippen LogP contribution is -2.47. The van der Waals surface area contributed by atoms with E-state index in [1.54, 1.807) is 26.0 Å². The van der Waals surface area contributed by atoms with Gasteiger partial charge in [-0.1, -0.05) is 71.0 Å². The maximum atomic E-state index is 14.1. The van der Waals surface area contributed by atoms with Crippen molar-refractivity contribution in [1.82, 2.24) is 18.7 Å². The third-order valence-corrected chi connectivity index (χ3v) is 11.2. The van der Waals surface area contributed by atoms with Crippen molar-refractivity contribution in [2.75, 3.05) is 26.4 Å². The van der Waals surface area contributed by atoms with Crippen LogP contribution in [-0.4, -0.2) is 62.2 Å². The van der Waals surface area contributed by atoms with Gasteiger partial charge in [-0.25, -0.2) is 14.2 Å². The number of rotatable bonds is 17. The van der Waals surface area contributed by atoms with E-state index in [1.165, 1.54) is 39.6 Å². The molecule has 316 valence electrons. The summed E-state index contributed by atoms with van der Waals surface area (Å²) < 4.78 is 51.4. The van der Waals surface area contributed by atoms with Crippen molar-refractivity contribution in [3.8, 4) is 5.75 Å². The van der Waals surface area contributed by atoms with E-state index in [4.69, 9.17) is 40.0 Å². The molecule has 0 radical (unpaired) electrons. The molecule has 18 heteroatoms. The number of thiocarbonyl (C=S) groups is 1. The van der Waals surface area contributed by atoms with Crippen molar-refractivity contribution in [3.63, 3.8) is 0 Å². The molecule has 3 unspecified atom stereocenters. The molecule has 0 spiro atoms. The smallest absolute Gasteiger partial charge is 0.484 e. The second-order valence-corrected chi connectivity index (χ2v) is 16.9. The lowest BCUT2D eigenvalue weighted by molar-refractivity contribution is -0.0123. The van der Waals surface area contributed by atoms with Crippen LogP contribution in [0.25, 0.3) is 0 Å². The summed E-state index contributed by atoms with van der Waals surface area (Å²) in [5.74, 6) is -1.27. The van der Waals surface area contributed by atoms with Crippen molar-refractivity contribution >= 4 is 31.0 Å².